The van der Waals surface area contributed by atoms with Crippen LogP contribution >= 0.6 is 15.9 Å². The van der Waals surface area contributed by atoms with Gasteiger partial charge in [0, 0.05) is 4.47 Å². The third-order valence-electron chi connectivity index (χ3n) is 2.29. The van der Waals surface area contributed by atoms with Gasteiger partial charge in [0.15, 0.2) is 0 Å². The van der Waals surface area contributed by atoms with Gasteiger partial charge in [0.25, 0.3) is 0 Å². The van der Waals surface area contributed by atoms with Crippen molar-refractivity contribution in [2.75, 3.05) is 13.2 Å². The fourth-order valence-electron chi connectivity index (χ4n) is 1.32. The molecule has 0 aromatic heterocycles. The first-order chi connectivity index (χ1) is 8.03. The van der Waals surface area contributed by atoms with Crippen molar-refractivity contribution < 1.29 is 13.2 Å². The first kappa shape index (κ1) is 12.6. The molecule has 1 aromatic rings. The molecule has 17 heavy (non-hydrogen) atoms. The first-order valence-corrected chi connectivity index (χ1v) is 7.03. The molecule has 1 aliphatic rings. The first-order valence-electron chi connectivity index (χ1n) is 4.76. The molecule has 0 unspecified atom stereocenters. The van der Waals surface area contributed by atoms with E-state index < -0.39 is 10.0 Å². The summed E-state index contributed by atoms with van der Waals surface area (Å²) in [4.78, 5) is 10.5. The van der Waals surface area contributed by atoms with E-state index in [2.05, 4.69) is 25.8 Å². The summed E-state index contributed by atoms with van der Waals surface area (Å²) in [7, 11) is -3.62. The van der Waals surface area contributed by atoms with Crippen LogP contribution in [0.25, 0.3) is 0 Å². The Labute approximate surface area is 107 Å². The summed E-state index contributed by atoms with van der Waals surface area (Å²) in [5, 5.41) is 2.74. The number of halogens is 1. The van der Waals surface area contributed by atoms with Gasteiger partial charge in [-0.05, 0) is 39.3 Å². The zero-order valence-electron chi connectivity index (χ0n) is 8.59. The molecule has 8 heteroatoms. The Hall–Kier alpha value is -0.830. The number of hydrogen-bond donors (Lipinski definition) is 1. The molecule has 0 aliphatic carbocycles. The number of benzene rings is 1. The molecule has 1 N–H and O–H groups in total. The molecule has 0 radical (unpaired) electrons. The molecule has 1 saturated heterocycles. The molecular weight excluding hydrogens is 312 g/mol. The minimum atomic E-state index is -3.62. The van der Waals surface area contributed by atoms with Gasteiger partial charge in [0.05, 0.1) is 24.2 Å². The predicted octanol–water partition coefficient (Wildman–Crippen LogP) is 1.52. The smallest absolute Gasteiger partial charge is 0.241 e. The van der Waals surface area contributed by atoms with Crippen LogP contribution in [0.5, 0.6) is 0 Å². The molecule has 1 aliphatic heterocycles. The highest BCUT2D eigenvalue weighted by molar-refractivity contribution is 9.10. The molecular formula is C9H9BrN2O4S. The minimum absolute atomic E-state index is 0.0159. The summed E-state index contributed by atoms with van der Waals surface area (Å²) < 4.78 is 31.6. The largest absolute Gasteiger partial charge is 0.378 e. The standard InChI is InChI=1S/C9H9BrN2O4S/c10-8-2-1-7(3-9(8)11-13)17(14,15)12-6-4-16-5-6/h1-3,6,12H,4-5H2. The molecule has 0 spiro atoms. The van der Waals surface area contributed by atoms with E-state index >= 15 is 0 Å². The molecule has 1 heterocycles. The highest BCUT2D eigenvalue weighted by Gasteiger charge is 2.26. The van der Waals surface area contributed by atoms with E-state index in [9.17, 15) is 13.3 Å². The van der Waals surface area contributed by atoms with E-state index in [-0.39, 0.29) is 16.6 Å². The van der Waals surface area contributed by atoms with Crippen LogP contribution in [0.1, 0.15) is 0 Å². The normalized spacial score (nSPS) is 16.5. The van der Waals surface area contributed by atoms with Gasteiger partial charge in [-0.1, -0.05) is 0 Å². The molecule has 2 rings (SSSR count). The van der Waals surface area contributed by atoms with E-state index in [0.29, 0.717) is 17.7 Å². The average molecular weight is 321 g/mol. The van der Waals surface area contributed by atoms with Crippen molar-refractivity contribution in [3.05, 3.63) is 27.6 Å². The van der Waals surface area contributed by atoms with Crippen molar-refractivity contribution in [2.24, 2.45) is 5.18 Å². The van der Waals surface area contributed by atoms with E-state index in [1.807, 2.05) is 0 Å². The third-order valence-corrected chi connectivity index (χ3v) is 4.47. The van der Waals surface area contributed by atoms with Crippen molar-refractivity contribution in [1.29, 1.82) is 0 Å². The van der Waals surface area contributed by atoms with Gasteiger partial charge in [-0.15, -0.1) is 4.91 Å². The second-order valence-corrected chi connectivity index (χ2v) is 6.13. The maximum Gasteiger partial charge on any atom is 0.241 e. The summed E-state index contributed by atoms with van der Waals surface area (Å²) in [6.45, 7) is 0.739. The summed E-state index contributed by atoms with van der Waals surface area (Å²) in [5.41, 5.74) is 0.0535. The van der Waals surface area contributed by atoms with Gasteiger partial charge in [-0.25, -0.2) is 13.1 Å². The number of nitroso groups, excluding NO2 is 1. The molecule has 1 fully saturated rings. The molecule has 0 atom stereocenters. The summed E-state index contributed by atoms with van der Waals surface area (Å²) in [5.74, 6) is 0. The van der Waals surface area contributed by atoms with E-state index in [0.717, 1.165) is 0 Å². The highest BCUT2D eigenvalue weighted by Crippen LogP contribution is 2.28. The minimum Gasteiger partial charge on any atom is -0.378 e. The van der Waals surface area contributed by atoms with E-state index in [4.69, 9.17) is 4.74 Å². The number of nitrogens with zero attached hydrogens (tertiary/aromatic N) is 1. The molecule has 0 saturated carbocycles. The van der Waals surface area contributed by atoms with Gasteiger partial charge in [-0.3, -0.25) is 0 Å². The van der Waals surface area contributed by atoms with Crippen molar-refractivity contribution in [1.82, 2.24) is 4.72 Å². The van der Waals surface area contributed by atoms with Crippen molar-refractivity contribution in [3.8, 4) is 0 Å². The number of hydrogen-bond acceptors (Lipinski definition) is 5. The fraction of sp³-hybridized carbons (Fsp3) is 0.333. The maximum absolute atomic E-state index is 11.9. The van der Waals surface area contributed by atoms with Crippen LogP contribution in [0.3, 0.4) is 0 Å². The number of nitrogens with one attached hydrogen (secondary N) is 1. The van der Waals surface area contributed by atoms with Gasteiger partial charge in [-0.2, -0.15) is 0 Å². The average Bonchev–Trinajstić information content (AvgIpc) is 2.24. The van der Waals surface area contributed by atoms with Crippen LogP contribution in [0.4, 0.5) is 5.69 Å². The Bertz CT molecular complexity index is 542. The van der Waals surface area contributed by atoms with Crippen LogP contribution in [0.15, 0.2) is 32.7 Å². The SMILES string of the molecule is O=Nc1cc(S(=O)(=O)NC2COC2)ccc1Br. The number of sulfonamides is 1. The van der Waals surface area contributed by atoms with Gasteiger partial charge in [0.1, 0.15) is 5.69 Å². The Balaban J connectivity index is 2.28. The zero-order valence-corrected chi connectivity index (χ0v) is 11.0. The number of rotatable bonds is 4. The Morgan fingerprint density at radius 3 is 2.65 bits per heavy atom. The summed E-state index contributed by atoms with van der Waals surface area (Å²) in [6, 6.07) is 3.90. The summed E-state index contributed by atoms with van der Waals surface area (Å²) >= 11 is 3.10. The third kappa shape index (κ3) is 2.71. The lowest BCUT2D eigenvalue weighted by Crippen LogP contribution is -2.48. The second-order valence-electron chi connectivity index (χ2n) is 3.56. The quantitative estimate of drug-likeness (QED) is 0.852. The Kier molecular flexibility index (Phi) is 3.57. The van der Waals surface area contributed by atoms with Gasteiger partial charge < -0.3 is 4.74 Å². The predicted molar refractivity (Wildman–Crippen MR) is 64.5 cm³/mol. The topological polar surface area (TPSA) is 84.8 Å². The lowest BCUT2D eigenvalue weighted by molar-refractivity contribution is 0.00482. The van der Waals surface area contributed by atoms with Crippen LogP contribution in [0.2, 0.25) is 0 Å². The van der Waals surface area contributed by atoms with E-state index in [1.54, 1.807) is 0 Å². The molecule has 0 bridgehead atoms. The van der Waals surface area contributed by atoms with Crippen LogP contribution in [0, 0.1) is 4.91 Å². The molecule has 0 amide bonds. The van der Waals surface area contributed by atoms with Crippen molar-refractivity contribution in [2.45, 2.75) is 10.9 Å². The summed E-state index contributed by atoms with van der Waals surface area (Å²) in [6.07, 6.45) is 0. The zero-order chi connectivity index (χ0) is 12.5. The van der Waals surface area contributed by atoms with E-state index in [1.165, 1.54) is 18.2 Å². The molecule has 1 aromatic carbocycles. The van der Waals surface area contributed by atoms with Gasteiger partial charge >= 0.3 is 0 Å². The Morgan fingerprint density at radius 2 is 2.12 bits per heavy atom. The monoisotopic (exact) mass is 320 g/mol. The van der Waals surface area contributed by atoms with Gasteiger partial charge in [0.2, 0.25) is 10.0 Å². The van der Waals surface area contributed by atoms with Crippen molar-refractivity contribution in [3.63, 3.8) is 0 Å². The lowest BCUT2D eigenvalue weighted by atomic mass is 10.3. The van der Waals surface area contributed by atoms with Crippen LogP contribution in [-0.4, -0.2) is 27.7 Å². The van der Waals surface area contributed by atoms with Crippen molar-refractivity contribution >= 4 is 31.6 Å². The fourth-order valence-corrected chi connectivity index (χ4v) is 2.86. The molecule has 92 valence electrons. The Morgan fingerprint density at radius 1 is 1.41 bits per heavy atom. The van der Waals surface area contributed by atoms with Crippen LogP contribution in [-0.2, 0) is 14.8 Å². The number of ether oxygens (including phenoxy) is 1. The highest BCUT2D eigenvalue weighted by atomic mass is 79.9. The second kappa shape index (κ2) is 4.81. The molecule has 6 nitrogen and oxygen atoms in total. The lowest BCUT2D eigenvalue weighted by Gasteiger charge is -2.26. The maximum atomic E-state index is 11.9. The van der Waals surface area contributed by atoms with Crippen LogP contribution < -0.4 is 4.72 Å².